The largest absolute Gasteiger partial charge is 0.507 e. The van der Waals surface area contributed by atoms with E-state index in [4.69, 9.17) is 5.73 Å². The number of hydrogen-bond acceptors (Lipinski definition) is 12. The number of benzene rings is 2. The van der Waals surface area contributed by atoms with Gasteiger partial charge in [0, 0.05) is 44.7 Å². The number of para-hydroxylation sites is 1. The number of amides is 3. The summed E-state index contributed by atoms with van der Waals surface area (Å²) in [4.78, 5) is 52.2. The molecule has 2 aliphatic heterocycles. The van der Waals surface area contributed by atoms with Crippen molar-refractivity contribution in [2.75, 3.05) is 49.9 Å². The van der Waals surface area contributed by atoms with E-state index < -0.39 is 29.5 Å². The Bertz CT molecular complexity index is 1970. The first-order chi connectivity index (χ1) is 25.7. The number of aromatic nitrogens is 3. The number of phenolic OH excluding ortho intramolecular Hbond substituents is 1. The lowest BCUT2D eigenvalue weighted by atomic mass is 9.85. The summed E-state index contributed by atoms with van der Waals surface area (Å²) < 4.78 is 0. The molecule has 6 N–H and O–H groups in total. The monoisotopic (exact) mass is 755 g/mol. The summed E-state index contributed by atoms with van der Waals surface area (Å²) in [6.07, 6.45) is -0.761. The van der Waals surface area contributed by atoms with E-state index in [1.165, 1.54) is 4.90 Å². The van der Waals surface area contributed by atoms with Crippen molar-refractivity contribution >= 4 is 40.6 Å². The predicted octanol–water partition coefficient (Wildman–Crippen LogP) is 3.36. The Balaban J connectivity index is 1.06. The number of β-amino-alcohol motifs (C(OH)–C–C–N with tert-alkyl or cyclic N) is 1. The fraction of sp³-hybridized carbons (Fsp3) is 0.436. The first-order valence-electron chi connectivity index (χ1n) is 18.2. The average molecular weight is 756 g/mol. The zero-order valence-electron chi connectivity index (χ0n) is 31.3. The van der Waals surface area contributed by atoms with Crippen LogP contribution < -0.4 is 21.3 Å². The fourth-order valence-electron chi connectivity index (χ4n) is 7.04. The minimum absolute atomic E-state index is 0.00277. The molecule has 0 saturated carbocycles. The number of aliphatic hydroxyl groups is 1. The third-order valence-electron chi connectivity index (χ3n) is 10.1. The second-order valence-corrected chi connectivity index (χ2v) is 16.0. The SMILES string of the molecule is Cc1ncsc1-c1ccc(C(C)NC(=O)[C@H]2C[C@H](O)CN2C(=O)[C@@H](NC(=O)CN2CCN(c3cc(-c4ccccc4O)nnc3N)CC2)C(C)(C)C)cc1. The summed E-state index contributed by atoms with van der Waals surface area (Å²) in [5.41, 5.74) is 12.0. The van der Waals surface area contributed by atoms with Crippen LogP contribution in [-0.2, 0) is 14.4 Å². The third kappa shape index (κ3) is 8.64. The number of phenols is 1. The van der Waals surface area contributed by atoms with Crippen LogP contribution in [-0.4, -0.2) is 110 Å². The number of nitrogens with one attached hydrogen (secondary N) is 2. The molecule has 54 heavy (non-hydrogen) atoms. The number of thiazole rings is 1. The fourth-order valence-corrected chi connectivity index (χ4v) is 7.85. The number of hydrogen-bond donors (Lipinski definition) is 5. The van der Waals surface area contributed by atoms with Gasteiger partial charge in [-0.2, -0.15) is 0 Å². The molecule has 4 heterocycles. The second kappa shape index (κ2) is 16.1. The Morgan fingerprint density at radius 3 is 2.37 bits per heavy atom. The number of nitrogen functional groups attached to an aromatic ring is 1. The van der Waals surface area contributed by atoms with Gasteiger partial charge in [-0.25, -0.2) is 4.98 Å². The van der Waals surface area contributed by atoms with Crippen molar-refractivity contribution < 1.29 is 24.6 Å². The Hall–Kier alpha value is -5.12. The number of likely N-dealkylation sites (tertiary alicyclic amines) is 1. The van der Waals surface area contributed by atoms with Crippen LogP contribution in [0.1, 0.15) is 51.4 Å². The smallest absolute Gasteiger partial charge is 0.246 e. The van der Waals surface area contributed by atoms with Crippen LogP contribution >= 0.6 is 11.3 Å². The molecule has 15 heteroatoms. The highest BCUT2D eigenvalue weighted by Crippen LogP contribution is 2.32. The number of aryl methyl sites for hydroxylation is 1. The van der Waals surface area contributed by atoms with E-state index >= 15 is 0 Å². The normalized spacial score (nSPS) is 19.0. The first kappa shape index (κ1) is 38.6. The van der Waals surface area contributed by atoms with Crippen LogP contribution in [0.3, 0.4) is 0 Å². The molecule has 14 nitrogen and oxygen atoms in total. The van der Waals surface area contributed by atoms with E-state index in [0.717, 1.165) is 21.7 Å². The van der Waals surface area contributed by atoms with E-state index in [1.807, 2.05) is 81.4 Å². The zero-order chi connectivity index (χ0) is 38.7. The molecule has 3 amide bonds. The predicted molar refractivity (Wildman–Crippen MR) is 209 cm³/mol. The number of aliphatic hydroxyl groups excluding tert-OH is 1. The van der Waals surface area contributed by atoms with Crippen molar-refractivity contribution in [1.82, 2.24) is 35.6 Å². The van der Waals surface area contributed by atoms with E-state index in [0.29, 0.717) is 43.1 Å². The van der Waals surface area contributed by atoms with Crippen LogP contribution in [0, 0.1) is 12.3 Å². The number of carbonyl (C=O) groups excluding carboxylic acids is 3. The van der Waals surface area contributed by atoms with Gasteiger partial charge in [0.1, 0.15) is 17.8 Å². The van der Waals surface area contributed by atoms with Gasteiger partial charge in [-0.15, -0.1) is 21.5 Å². The molecule has 2 fully saturated rings. The summed E-state index contributed by atoms with van der Waals surface area (Å²) in [6.45, 7) is 11.8. The molecule has 4 aromatic rings. The molecule has 1 unspecified atom stereocenters. The quantitative estimate of drug-likeness (QED) is 0.160. The molecule has 286 valence electrons. The maximum atomic E-state index is 14.2. The van der Waals surface area contributed by atoms with Crippen molar-refractivity contribution in [3.05, 3.63) is 71.4 Å². The molecule has 4 atom stereocenters. The van der Waals surface area contributed by atoms with Gasteiger partial charge < -0.3 is 36.4 Å². The number of nitrogens with zero attached hydrogens (tertiary/aromatic N) is 6. The molecule has 0 aliphatic carbocycles. The minimum Gasteiger partial charge on any atom is -0.507 e. The van der Waals surface area contributed by atoms with Gasteiger partial charge in [-0.05, 0) is 48.6 Å². The standard InChI is InChI=1S/C39H49N9O5S/c1-23(25-10-12-26(13-11-25)34-24(2)41-22-54-34)42-37(52)31-18-27(49)20-48(31)38(53)35(39(3,4)5)43-33(51)21-46-14-16-47(17-15-46)30-19-29(44-45-36(30)40)28-8-6-7-9-32(28)50/h6-13,19,22-23,27,31,35,49-50H,14-18,20-21H2,1-5H3,(H2,40,45)(H,42,52)(H,43,51)/t23?,27-,31+,35+/m0/s1. The van der Waals surface area contributed by atoms with Crippen LogP contribution in [0.15, 0.2) is 60.1 Å². The number of aromatic hydroxyl groups is 1. The van der Waals surface area contributed by atoms with Gasteiger partial charge in [-0.1, -0.05) is 57.2 Å². The molecular formula is C39H49N9O5S. The topological polar surface area (TPSA) is 190 Å². The van der Waals surface area contributed by atoms with Crippen LogP contribution in [0.5, 0.6) is 5.75 Å². The maximum absolute atomic E-state index is 14.2. The molecular weight excluding hydrogens is 707 g/mol. The van der Waals surface area contributed by atoms with E-state index in [-0.39, 0.29) is 48.9 Å². The van der Waals surface area contributed by atoms with Gasteiger partial charge in [0.2, 0.25) is 17.7 Å². The molecule has 2 aromatic heterocycles. The molecule has 2 aliphatic rings. The Morgan fingerprint density at radius 1 is 1.02 bits per heavy atom. The highest BCUT2D eigenvalue weighted by Gasteiger charge is 2.45. The van der Waals surface area contributed by atoms with Crippen LogP contribution in [0.4, 0.5) is 11.5 Å². The summed E-state index contributed by atoms with van der Waals surface area (Å²) in [5, 5.41) is 35.2. The third-order valence-corrected chi connectivity index (χ3v) is 11.1. The Kier molecular flexibility index (Phi) is 11.5. The summed E-state index contributed by atoms with van der Waals surface area (Å²) >= 11 is 1.58. The average Bonchev–Trinajstić information content (AvgIpc) is 3.76. The van der Waals surface area contributed by atoms with Gasteiger partial charge in [-0.3, -0.25) is 19.3 Å². The molecule has 0 spiro atoms. The lowest BCUT2D eigenvalue weighted by Crippen LogP contribution is -2.59. The van der Waals surface area contributed by atoms with Gasteiger partial charge in [0.05, 0.1) is 46.2 Å². The number of rotatable bonds is 10. The van der Waals surface area contributed by atoms with Gasteiger partial charge in [0.15, 0.2) is 5.82 Å². The highest BCUT2D eigenvalue weighted by molar-refractivity contribution is 7.13. The number of anilines is 2. The molecule has 0 radical (unpaired) electrons. The van der Waals surface area contributed by atoms with Crippen LogP contribution in [0.2, 0.25) is 0 Å². The first-order valence-corrected chi connectivity index (χ1v) is 19.0. The Morgan fingerprint density at radius 2 is 1.72 bits per heavy atom. The lowest BCUT2D eigenvalue weighted by molar-refractivity contribution is -0.144. The maximum Gasteiger partial charge on any atom is 0.246 e. The Labute approximate surface area is 319 Å². The van der Waals surface area contributed by atoms with E-state index in [2.05, 4.69) is 30.7 Å². The molecule has 2 aromatic carbocycles. The van der Waals surface area contributed by atoms with Crippen molar-refractivity contribution in [1.29, 1.82) is 0 Å². The second-order valence-electron chi connectivity index (χ2n) is 15.2. The zero-order valence-corrected chi connectivity index (χ0v) is 32.1. The number of piperazine rings is 1. The number of carbonyl (C=O) groups is 3. The van der Waals surface area contributed by atoms with Gasteiger partial charge in [0.25, 0.3) is 0 Å². The van der Waals surface area contributed by atoms with Gasteiger partial charge >= 0.3 is 0 Å². The number of nitrogens with two attached hydrogens (primary N) is 1. The van der Waals surface area contributed by atoms with Crippen LogP contribution in [0.25, 0.3) is 21.7 Å². The summed E-state index contributed by atoms with van der Waals surface area (Å²) in [6, 6.07) is 14.5. The van der Waals surface area contributed by atoms with E-state index in [9.17, 15) is 24.6 Å². The summed E-state index contributed by atoms with van der Waals surface area (Å²) in [5.74, 6) is -0.702. The minimum atomic E-state index is -0.928. The molecule has 2 saturated heterocycles. The van der Waals surface area contributed by atoms with Crippen molar-refractivity contribution in [2.45, 2.75) is 65.3 Å². The highest BCUT2D eigenvalue weighted by atomic mass is 32.1. The molecule has 0 bridgehead atoms. The van der Waals surface area contributed by atoms with Crippen molar-refractivity contribution in [3.63, 3.8) is 0 Å². The summed E-state index contributed by atoms with van der Waals surface area (Å²) in [7, 11) is 0. The lowest BCUT2D eigenvalue weighted by Gasteiger charge is -2.38. The molecule has 6 rings (SSSR count). The van der Waals surface area contributed by atoms with Crippen molar-refractivity contribution in [2.24, 2.45) is 5.41 Å². The van der Waals surface area contributed by atoms with E-state index in [1.54, 1.807) is 29.5 Å². The van der Waals surface area contributed by atoms with Crippen molar-refractivity contribution in [3.8, 4) is 27.4 Å².